The molecule has 1 spiro atoms. The van der Waals surface area contributed by atoms with Gasteiger partial charge in [-0.3, -0.25) is 24.6 Å². The van der Waals surface area contributed by atoms with E-state index in [0.29, 0.717) is 6.54 Å². The normalized spacial score (nSPS) is 16.0. The van der Waals surface area contributed by atoms with Crippen molar-refractivity contribution in [2.75, 3.05) is 33.2 Å². The summed E-state index contributed by atoms with van der Waals surface area (Å²) in [6.07, 6.45) is -13.1. The van der Waals surface area contributed by atoms with Crippen LogP contribution in [0.2, 0.25) is 0 Å². The molecule has 0 atom stereocenters. The van der Waals surface area contributed by atoms with Gasteiger partial charge in [0.05, 0.1) is 5.69 Å². The Labute approximate surface area is 301 Å². The molecule has 310 valence electrons. The molecule has 0 unspecified atom stereocenters. The molecule has 2 aromatic rings. The summed E-state index contributed by atoms with van der Waals surface area (Å²) in [6.45, 7) is 5.10. The van der Waals surface area contributed by atoms with E-state index >= 15 is 0 Å². The SMILES string of the molecule is CN1CCN(Cc2ccncc2)C(=O)C12CCN(Cc1ccccn1)CC2.O=C(O)C(F)(F)F.O=C(O)C(F)(F)F.O=C(O)C(F)(F)F.O=C(O)C(F)(F)F. The highest BCUT2D eigenvalue weighted by atomic mass is 19.4. The van der Waals surface area contributed by atoms with Crippen LogP contribution in [0.1, 0.15) is 24.1 Å². The minimum Gasteiger partial charge on any atom is -0.475 e. The molecule has 0 bridgehead atoms. The Balaban J connectivity index is 0.000000849. The van der Waals surface area contributed by atoms with Crippen LogP contribution in [0.25, 0.3) is 0 Å². The highest BCUT2D eigenvalue weighted by Crippen LogP contribution is 2.34. The van der Waals surface area contributed by atoms with E-state index in [1.165, 1.54) is 0 Å². The molecule has 2 saturated heterocycles. The molecule has 26 heteroatoms. The number of likely N-dealkylation sites (tertiary alicyclic amines) is 1. The molecule has 14 nitrogen and oxygen atoms in total. The molecule has 2 aliphatic rings. The van der Waals surface area contributed by atoms with Crippen LogP contribution in [0.5, 0.6) is 0 Å². The van der Waals surface area contributed by atoms with Gasteiger partial charge in [-0.05, 0) is 49.7 Å². The number of carbonyl (C=O) groups is 5. The molecule has 0 aromatic carbocycles. The second-order valence-corrected chi connectivity index (χ2v) is 10.8. The molecular weight excluding hydrogens is 790 g/mol. The fourth-order valence-corrected chi connectivity index (χ4v) is 4.30. The van der Waals surface area contributed by atoms with Gasteiger partial charge in [-0.1, -0.05) is 6.07 Å². The molecule has 2 aromatic heterocycles. The number of nitrogens with zero attached hydrogens (tertiary/aromatic N) is 5. The minimum atomic E-state index is -5.08. The highest BCUT2D eigenvalue weighted by molar-refractivity contribution is 5.87. The van der Waals surface area contributed by atoms with Crippen molar-refractivity contribution >= 4 is 29.8 Å². The van der Waals surface area contributed by atoms with Crippen LogP contribution in [0, 0.1) is 0 Å². The van der Waals surface area contributed by atoms with Crippen molar-refractivity contribution in [2.24, 2.45) is 0 Å². The standard InChI is InChI=1S/C21H27N5O.4C2HF3O2/c1-24-14-15-26(16-18-5-10-22-11-6-18)20(27)21(24)7-12-25(13-8-21)17-19-4-2-3-9-23-19;4*3-2(4,5)1(6)7/h2-6,9-11H,7-8,12-17H2,1H3;4*(H,6,7). The molecule has 4 rings (SSSR count). The summed E-state index contributed by atoms with van der Waals surface area (Å²) in [4.78, 5) is 64.2. The third-order valence-electron chi connectivity index (χ3n) is 7.01. The summed E-state index contributed by atoms with van der Waals surface area (Å²) in [6, 6.07) is 10.0. The number of alkyl halides is 12. The van der Waals surface area contributed by atoms with E-state index < -0.39 is 48.6 Å². The van der Waals surface area contributed by atoms with E-state index in [4.69, 9.17) is 39.6 Å². The number of carbonyl (C=O) groups excluding carboxylic acids is 1. The number of carboxylic acids is 4. The highest BCUT2D eigenvalue weighted by Gasteiger charge is 2.49. The Morgan fingerprint density at radius 2 is 1.04 bits per heavy atom. The zero-order valence-corrected chi connectivity index (χ0v) is 27.9. The summed E-state index contributed by atoms with van der Waals surface area (Å²) in [7, 11) is 2.11. The lowest BCUT2D eigenvalue weighted by Crippen LogP contribution is -2.67. The number of aliphatic carboxylic acids is 4. The number of piperidine rings is 1. The van der Waals surface area contributed by atoms with Crippen LogP contribution in [0.4, 0.5) is 52.7 Å². The van der Waals surface area contributed by atoms with Crippen molar-refractivity contribution in [3.8, 4) is 0 Å². The van der Waals surface area contributed by atoms with Crippen molar-refractivity contribution in [1.29, 1.82) is 0 Å². The number of halogens is 12. The fourth-order valence-electron chi connectivity index (χ4n) is 4.30. The van der Waals surface area contributed by atoms with Gasteiger partial charge in [0.25, 0.3) is 0 Å². The number of hydrogen-bond donors (Lipinski definition) is 4. The molecule has 0 saturated carbocycles. The maximum absolute atomic E-state index is 13.4. The Morgan fingerprint density at radius 3 is 1.38 bits per heavy atom. The second-order valence-electron chi connectivity index (χ2n) is 10.8. The lowest BCUT2D eigenvalue weighted by atomic mass is 9.82. The van der Waals surface area contributed by atoms with Crippen molar-refractivity contribution in [3.05, 3.63) is 60.2 Å². The maximum Gasteiger partial charge on any atom is 0.490 e. The average molecular weight is 822 g/mol. The number of hydrogen-bond acceptors (Lipinski definition) is 9. The van der Waals surface area contributed by atoms with Crippen LogP contribution < -0.4 is 0 Å². The first-order valence-corrected chi connectivity index (χ1v) is 14.7. The molecule has 0 radical (unpaired) electrons. The molecule has 4 N–H and O–H groups in total. The zero-order chi connectivity index (χ0) is 43.0. The van der Waals surface area contributed by atoms with Crippen molar-refractivity contribution < 1.29 is 97.1 Å². The first-order valence-electron chi connectivity index (χ1n) is 14.7. The van der Waals surface area contributed by atoms with Gasteiger partial charge in [-0.25, -0.2) is 19.2 Å². The van der Waals surface area contributed by atoms with Gasteiger partial charge in [0.2, 0.25) is 5.91 Å². The molecule has 55 heavy (non-hydrogen) atoms. The van der Waals surface area contributed by atoms with Gasteiger partial charge in [0.1, 0.15) is 5.54 Å². The van der Waals surface area contributed by atoms with E-state index in [1.807, 2.05) is 35.4 Å². The third-order valence-corrected chi connectivity index (χ3v) is 7.01. The monoisotopic (exact) mass is 821 g/mol. The lowest BCUT2D eigenvalue weighted by molar-refractivity contribution is -0.193. The predicted octanol–water partition coefficient (Wildman–Crippen LogP) is 4.32. The Bertz CT molecular complexity index is 1440. The first-order chi connectivity index (χ1) is 24.9. The molecular formula is C29H31F12N5O9. The molecule has 1 amide bonds. The number of piperazine rings is 1. The molecule has 2 aliphatic heterocycles. The summed E-state index contributed by atoms with van der Waals surface area (Å²) in [5.41, 5.74) is 1.88. The second kappa shape index (κ2) is 21.0. The molecule has 4 heterocycles. The Morgan fingerprint density at radius 1 is 0.636 bits per heavy atom. The molecule has 2 fully saturated rings. The van der Waals surface area contributed by atoms with Gasteiger partial charge in [0.15, 0.2) is 0 Å². The summed E-state index contributed by atoms with van der Waals surface area (Å²) in [5.74, 6) is -10.7. The van der Waals surface area contributed by atoms with Crippen LogP contribution in [0.3, 0.4) is 0 Å². The fraction of sp³-hybridized carbons (Fsp3) is 0.483. The minimum absolute atomic E-state index is 0.283. The molecule has 0 aliphatic carbocycles. The number of pyridine rings is 2. The number of rotatable bonds is 4. The zero-order valence-electron chi connectivity index (χ0n) is 27.9. The van der Waals surface area contributed by atoms with E-state index in [1.54, 1.807) is 12.4 Å². The Hall–Kier alpha value is -5.27. The van der Waals surface area contributed by atoms with Gasteiger partial charge in [-0.15, -0.1) is 0 Å². The van der Waals surface area contributed by atoms with Gasteiger partial charge in [-0.2, -0.15) is 52.7 Å². The summed E-state index contributed by atoms with van der Waals surface area (Å²) < 4.78 is 127. The van der Waals surface area contributed by atoms with E-state index in [2.05, 4.69) is 32.9 Å². The quantitative estimate of drug-likeness (QED) is 0.318. The summed E-state index contributed by atoms with van der Waals surface area (Å²) in [5, 5.41) is 28.5. The van der Waals surface area contributed by atoms with Crippen molar-refractivity contribution in [3.63, 3.8) is 0 Å². The third kappa shape index (κ3) is 18.6. The number of carboxylic acid groups (broad SMARTS) is 4. The summed E-state index contributed by atoms with van der Waals surface area (Å²) >= 11 is 0. The number of aromatic nitrogens is 2. The maximum atomic E-state index is 13.4. The van der Waals surface area contributed by atoms with E-state index in [-0.39, 0.29) is 11.4 Å². The van der Waals surface area contributed by atoms with E-state index in [0.717, 1.165) is 56.8 Å². The predicted molar refractivity (Wildman–Crippen MR) is 159 cm³/mol. The van der Waals surface area contributed by atoms with E-state index in [9.17, 15) is 57.5 Å². The topological polar surface area (TPSA) is 202 Å². The average Bonchev–Trinajstić information content (AvgIpc) is 3.06. The van der Waals surface area contributed by atoms with Crippen LogP contribution in [0.15, 0.2) is 48.9 Å². The van der Waals surface area contributed by atoms with Gasteiger partial charge < -0.3 is 25.3 Å². The number of likely N-dealkylation sites (N-methyl/N-ethyl adjacent to an activating group) is 1. The van der Waals surface area contributed by atoms with Crippen molar-refractivity contribution in [2.45, 2.75) is 56.2 Å². The van der Waals surface area contributed by atoms with Gasteiger partial charge >= 0.3 is 48.6 Å². The largest absolute Gasteiger partial charge is 0.490 e. The van der Waals surface area contributed by atoms with Crippen LogP contribution >= 0.6 is 0 Å². The Kier molecular flexibility index (Phi) is 19.0. The smallest absolute Gasteiger partial charge is 0.475 e. The number of amides is 1. The first kappa shape index (κ1) is 49.7. The lowest BCUT2D eigenvalue weighted by Gasteiger charge is -2.51. The van der Waals surface area contributed by atoms with Crippen LogP contribution in [-0.4, -0.2) is 138 Å². The van der Waals surface area contributed by atoms with Crippen molar-refractivity contribution in [1.82, 2.24) is 24.7 Å². The van der Waals surface area contributed by atoms with Gasteiger partial charge in [0, 0.05) is 57.9 Å². The van der Waals surface area contributed by atoms with Crippen LogP contribution in [-0.2, 0) is 37.1 Å².